The lowest BCUT2D eigenvalue weighted by Crippen LogP contribution is -2.45. The summed E-state index contributed by atoms with van der Waals surface area (Å²) in [5.74, 6) is 0. The van der Waals surface area contributed by atoms with E-state index < -0.39 is 0 Å². The largest absolute Gasteiger partial charge is 0.396 e. The van der Waals surface area contributed by atoms with Gasteiger partial charge in [0.1, 0.15) is 0 Å². The van der Waals surface area contributed by atoms with Crippen LogP contribution in [0.3, 0.4) is 0 Å². The number of hydrogen-bond donors (Lipinski definition) is 1. The second-order valence-electron chi connectivity index (χ2n) is 5.80. The van der Waals surface area contributed by atoms with Gasteiger partial charge in [0.2, 0.25) is 0 Å². The van der Waals surface area contributed by atoms with E-state index in [-0.39, 0.29) is 12.0 Å². The second kappa shape index (κ2) is 7.75. The number of aromatic nitrogens is 1. The van der Waals surface area contributed by atoms with E-state index >= 15 is 0 Å². The van der Waals surface area contributed by atoms with Crippen LogP contribution in [0.15, 0.2) is 12.4 Å². The first kappa shape index (κ1) is 17.0. The Labute approximate surface area is 136 Å². The van der Waals surface area contributed by atoms with Gasteiger partial charge in [-0.15, -0.1) is 0 Å². The van der Waals surface area contributed by atoms with Crippen molar-refractivity contribution in [2.45, 2.75) is 25.8 Å². The number of ether oxygens (including phenoxy) is 1. The maximum atomic E-state index is 9.82. The predicted octanol–water partition coefficient (Wildman–Crippen LogP) is 3.00. The van der Waals surface area contributed by atoms with Crippen LogP contribution in [0.25, 0.3) is 0 Å². The molecule has 0 saturated carbocycles. The molecule has 1 aromatic heterocycles. The van der Waals surface area contributed by atoms with Crippen LogP contribution >= 0.6 is 23.2 Å². The van der Waals surface area contributed by atoms with Gasteiger partial charge in [-0.2, -0.15) is 0 Å². The molecule has 1 aromatic rings. The Bertz CT molecular complexity index is 453. The zero-order valence-corrected chi connectivity index (χ0v) is 13.8. The number of nitrogens with zero attached hydrogens (tertiary/aromatic N) is 2. The van der Waals surface area contributed by atoms with Crippen LogP contribution in [-0.2, 0) is 11.3 Å². The highest BCUT2D eigenvalue weighted by Gasteiger charge is 2.34. The summed E-state index contributed by atoms with van der Waals surface area (Å²) in [7, 11) is 1.70. The minimum Gasteiger partial charge on any atom is -0.396 e. The van der Waals surface area contributed by atoms with E-state index in [1.54, 1.807) is 19.5 Å². The van der Waals surface area contributed by atoms with E-state index in [4.69, 9.17) is 27.9 Å². The first-order chi connectivity index (χ1) is 10.1. The van der Waals surface area contributed by atoms with Crippen LogP contribution in [0.2, 0.25) is 10.0 Å². The van der Waals surface area contributed by atoms with E-state index in [0.29, 0.717) is 23.2 Å². The van der Waals surface area contributed by atoms with Gasteiger partial charge in [0.25, 0.3) is 0 Å². The van der Waals surface area contributed by atoms with Gasteiger partial charge in [-0.1, -0.05) is 23.2 Å². The lowest BCUT2D eigenvalue weighted by Gasteiger charge is -2.42. The molecule has 1 atom stereocenters. The van der Waals surface area contributed by atoms with Crippen molar-refractivity contribution in [3.63, 3.8) is 0 Å². The van der Waals surface area contributed by atoms with Gasteiger partial charge < -0.3 is 9.84 Å². The number of halogens is 2. The molecule has 0 aliphatic carbocycles. The molecule has 0 amide bonds. The topological polar surface area (TPSA) is 45.6 Å². The molecule has 0 aromatic carbocycles. The average molecular weight is 333 g/mol. The van der Waals surface area contributed by atoms with Crippen molar-refractivity contribution < 1.29 is 9.84 Å². The van der Waals surface area contributed by atoms with Crippen LogP contribution < -0.4 is 0 Å². The third-order valence-corrected chi connectivity index (χ3v) is 4.90. The van der Waals surface area contributed by atoms with Crippen LogP contribution in [-0.4, -0.2) is 48.4 Å². The minimum absolute atomic E-state index is 0.0831. The van der Waals surface area contributed by atoms with E-state index in [1.165, 1.54) is 0 Å². The summed E-state index contributed by atoms with van der Waals surface area (Å²) in [4.78, 5) is 6.29. The number of rotatable bonds is 6. The Balaban J connectivity index is 2.07. The molecule has 1 N–H and O–H groups in total. The standard InChI is InChI=1S/C15H22Cl2N2O2/c1-21-6-4-15(11-20)3-2-5-19(10-15)9-12-13(16)7-18-8-14(12)17/h7-8,20H,2-6,9-11H2,1H3. The van der Waals surface area contributed by atoms with E-state index in [9.17, 15) is 5.11 Å². The van der Waals surface area contributed by atoms with Crippen molar-refractivity contribution in [2.24, 2.45) is 5.41 Å². The van der Waals surface area contributed by atoms with Gasteiger partial charge in [-0.25, -0.2) is 0 Å². The van der Waals surface area contributed by atoms with E-state index in [1.807, 2.05) is 0 Å². The van der Waals surface area contributed by atoms with Crippen LogP contribution in [0.5, 0.6) is 0 Å². The third-order valence-electron chi connectivity index (χ3n) is 4.25. The normalized spacial score (nSPS) is 23.4. The SMILES string of the molecule is COCCC1(CO)CCCN(Cc2c(Cl)cncc2Cl)C1. The summed E-state index contributed by atoms with van der Waals surface area (Å²) < 4.78 is 5.18. The van der Waals surface area contributed by atoms with Gasteiger partial charge in [-0.05, 0) is 25.8 Å². The Morgan fingerprint density at radius 2 is 2.10 bits per heavy atom. The molecule has 1 fully saturated rings. The minimum atomic E-state index is -0.0831. The number of piperidine rings is 1. The highest BCUT2D eigenvalue weighted by atomic mass is 35.5. The zero-order chi connectivity index (χ0) is 15.3. The average Bonchev–Trinajstić information content (AvgIpc) is 2.49. The van der Waals surface area contributed by atoms with Gasteiger partial charge in [0, 0.05) is 50.2 Å². The third kappa shape index (κ3) is 4.30. The molecule has 1 aliphatic rings. The van der Waals surface area contributed by atoms with Crippen LogP contribution in [0.1, 0.15) is 24.8 Å². The Kier molecular flexibility index (Phi) is 6.26. The van der Waals surface area contributed by atoms with Crippen molar-refractivity contribution in [1.82, 2.24) is 9.88 Å². The number of methoxy groups -OCH3 is 1. The molecular weight excluding hydrogens is 311 g/mol. The number of likely N-dealkylation sites (tertiary alicyclic amines) is 1. The number of hydrogen-bond acceptors (Lipinski definition) is 4. The molecule has 1 saturated heterocycles. The lowest BCUT2D eigenvalue weighted by molar-refractivity contribution is 0.00477. The first-order valence-electron chi connectivity index (χ1n) is 7.20. The van der Waals surface area contributed by atoms with Crippen molar-refractivity contribution >= 4 is 23.2 Å². The fourth-order valence-electron chi connectivity index (χ4n) is 2.99. The van der Waals surface area contributed by atoms with E-state index in [2.05, 4.69) is 9.88 Å². The summed E-state index contributed by atoms with van der Waals surface area (Å²) in [5, 5.41) is 11.0. The van der Waals surface area contributed by atoms with Gasteiger partial charge in [0.15, 0.2) is 0 Å². The Morgan fingerprint density at radius 3 is 2.71 bits per heavy atom. The first-order valence-corrected chi connectivity index (χ1v) is 7.96. The van der Waals surface area contributed by atoms with Crippen molar-refractivity contribution in [3.05, 3.63) is 28.0 Å². The molecule has 4 nitrogen and oxygen atoms in total. The molecule has 1 unspecified atom stereocenters. The highest BCUT2D eigenvalue weighted by Crippen LogP contribution is 2.35. The van der Waals surface area contributed by atoms with Gasteiger partial charge in [-0.3, -0.25) is 9.88 Å². The van der Waals surface area contributed by atoms with Crippen LogP contribution in [0, 0.1) is 5.41 Å². The second-order valence-corrected chi connectivity index (χ2v) is 6.61. The molecule has 2 rings (SSSR count). The fraction of sp³-hybridized carbons (Fsp3) is 0.667. The molecule has 0 radical (unpaired) electrons. The number of aliphatic hydroxyl groups is 1. The summed E-state index contributed by atoms with van der Waals surface area (Å²) in [6.45, 7) is 3.37. The molecule has 2 heterocycles. The fourth-order valence-corrected chi connectivity index (χ4v) is 3.47. The molecular formula is C15H22Cl2N2O2. The molecule has 0 bridgehead atoms. The van der Waals surface area contributed by atoms with Gasteiger partial charge in [0.05, 0.1) is 16.7 Å². The maximum Gasteiger partial charge on any atom is 0.0649 e. The molecule has 1 aliphatic heterocycles. The molecule has 6 heteroatoms. The number of pyridine rings is 1. The van der Waals surface area contributed by atoms with E-state index in [0.717, 1.165) is 37.9 Å². The zero-order valence-electron chi connectivity index (χ0n) is 12.3. The predicted molar refractivity (Wildman–Crippen MR) is 84.8 cm³/mol. The van der Waals surface area contributed by atoms with Crippen molar-refractivity contribution in [1.29, 1.82) is 0 Å². The van der Waals surface area contributed by atoms with Gasteiger partial charge >= 0.3 is 0 Å². The summed E-state index contributed by atoms with van der Waals surface area (Å²) in [6.07, 6.45) is 6.20. The maximum absolute atomic E-state index is 9.82. The highest BCUT2D eigenvalue weighted by molar-refractivity contribution is 6.35. The summed E-state index contributed by atoms with van der Waals surface area (Å²) in [5.41, 5.74) is 0.828. The molecule has 0 spiro atoms. The number of aliphatic hydroxyl groups excluding tert-OH is 1. The quantitative estimate of drug-likeness (QED) is 0.869. The Hall–Kier alpha value is -0.390. The molecule has 118 valence electrons. The van der Waals surface area contributed by atoms with Crippen LogP contribution in [0.4, 0.5) is 0 Å². The Morgan fingerprint density at radius 1 is 1.38 bits per heavy atom. The summed E-state index contributed by atoms with van der Waals surface area (Å²) >= 11 is 12.4. The smallest absolute Gasteiger partial charge is 0.0649 e. The monoisotopic (exact) mass is 332 g/mol. The molecule has 21 heavy (non-hydrogen) atoms. The lowest BCUT2D eigenvalue weighted by atomic mass is 9.78. The van der Waals surface area contributed by atoms with Crippen molar-refractivity contribution in [3.8, 4) is 0 Å². The van der Waals surface area contributed by atoms with Crippen molar-refractivity contribution in [2.75, 3.05) is 33.4 Å². The summed E-state index contributed by atoms with van der Waals surface area (Å²) in [6, 6.07) is 0.